The number of benzene rings is 1. The third-order valence-corrected chi connectivity index (χ3v) is 6.47. The predicted octanol–water partition coefficient (Wildman–Crippen LogP) is 4.33. The van der Waals surface area contributed by atoms with Crippen LogP contribution in [0.15, 0.2) is 28.1 Å². The number of halogens is 1. The van der Waals surface area contributed by atoms with Crippen LogP contribution in [0, 0.1) is 0 Å². The Bertz CT molecular complexity index is 992. The first kappa shape index (κ1) is 16.8. The number of aromatic nitrogens is 2. The smallest absolute Gasteiger partial charge is 0.407 e. The molecule has 2 aliphatic heterocycles. The molecule has 2 unspecified atom stereocenters. The molecule has 27 heavy (non-hydrogen) atoms. The molecule has 2 saturated heterocycles. The van der Waals surface area contributed by atoms with Crippen molar-refractivity contribution >= 4 is 46.1 Å². The number of oxazole rings is 1. The lowest BCUT2D eigenvalue weighted by molar-refractivity contribution is 0.0593. The number of anilines is 1. The molecule has 0 aliphatic carbocycles. The highest BCUT2D eigenvalue weighted by Crippen LogP contribution is 2.38. The molecular weight excluding hydrogens is 388 g/mol. The molecule has 2 aromatic heterocycles. The number of amides is 1. The van der Waals surface area contributed by atoms with E-state index < -0.39 is 6.09 Å². The summed E-state index contributed by atoms with van der Waals surface area (Å²) in [6.07, 6.45) is 3.70. The highest BCUT2D eigenvalue weighted by atomic mass is 35.5. The maximum Gasteiger partial charge on any atom is 0.407 e. The zero-order chi connectivity index (χ0) is 18.5. The highest BCUT2D eigenvalue weighted by molar-refractivity contribution is 7.13. The normalized spacial score (nSPS) is 22.4. The Balaban J connectivity index is 1.54. The number of thiazole rings is 1. The molecule has 1 aromatic carbocycles. The maximum atomic E-state index is 11.6. The summed E-state index contributed by atoms with van der Waals surface area (Å²) in [5, 5.41) is 12.8. The van der Waals surface area contributed by atoms with Crippen molar-refractivity contribution in [2.24, 2.45) is 0 Å². The second-order valence-corrected chi connectivity index (χ2v) is 8.24. The van der Waals surface area contributed by atoms with Gasteiger partial charge in [-0.25, -0.2) is 9.78 Å². The number of piperazine rings is 1. The number of carbonyl (C=O) groups is 1. The Morgan fingerprint density at radius 2 is 2.07 bits per heavy atom. The van der Waals surface area contributed by atoms with Crippen molar-refractivity contribution in [2.45, 2.75) is 31.3 Å². The number of hydrogen-bond donors (Lipinski definition) is 1. The lowest BCUT2D eigenvalue weighted by Gasteiger charge is -2.48. The van der Waals surface area contributed by atoms with Crippen molar-refractivity contribution in [3.63, 3.8) is 0 Å². The predicted molar refractivity (Wildman–Crippen MR) is 104 cm³/mol. The Morgan fingerprint density at radius 3 is 2.74 bits per heavy atom. The summed E-state index contributed by atoms with van der Waals surface area (Å²) in [6.45, 7) is 1.17. The van der Waals surface area contributed by atoms with Gasteiger partial charge < -0.3 is 14.4 Å². The zero-order valence-corrected chi connectivity index (χ0v) is 15.9. The van der Waals surface area contributed by atoms with E-state index in [1.54, 1.807) is 11.1 Å². The number of rotatable bonds is 2. The quantitative estimate of drug-likeness (QED) is 0.684. The van der Waals surface area contributed by atoms with E-state index >= 15 is 0 Å². The van der Waals surface area contributed by atoms with Crippen molar-refractivity contribution < 1.29 is 14.3 Å². The average Bonchev–Trinajstić information content (AvgIpc) is 3.31. The van der Waals surface area contributed by atoms with Gasteiger partial charge in [-0.15, -0.1) is 11.3 Å². The van der Waals surface area contributed by atoms with Crippen LogP contribution in [0.4, 0.5) is 10.8 Å². The van der Waals surface area contributed by atoms with Gasteiger partial charge in [-0.1, -0.05) is 11.6 Å². The van der Waals surface area contributed by atoms with E-state index in [0.29, 0.717) is 35.2 Å². The molecule has 4 heterocycles. The number of nitrogens with zero attached hydrogens (tertiary/aromatic N) is 4. The van der Waals surface area contributed by atoms with Crippen LogP contribution in [0.1, 0.15) is 19.3 Å². The first-order valence-corrected chi connectivity index (χ1v) is 10.1. The van der Waals surface area contributed by atoms with E-state index in [9.17, 15) is 9.90 Å². The number of piperidine rings is 1. The van der Waals surface area contributed by atoms with Gasteiger partial charge in [0.1, 0.15) is 10.5 Å². The molecule has 7 nitrogen and oxygen atoms in total. The maximum absolute atomic E-state index is 11.6. The second-order valence-electron chi connectivity index (χ2n) is 6.94. The summed E-state index contributed by atoms with van der Waals surface area (Å²) >= 11 is 7.89. The minimum atomic E-state index is -0.837. The molecule has 0 spiro atoms. The molecule has 2 bridgehead atoms. The Hall–Kier alpha value is -2.32. The van der Waals surface area contributed by atoms with Gasteiger partial charge in [0, 0.05) is 24.7 Å². The molecule has 1 N–H and O–H groups in total. The van der Waals surface area contributed by atoms with E-state index in [4.69, 9.17) is 16.0 Å². The van der Waals surface area contributed by atoms with Gasteiger partial charge in [-0.05, 0) is 31.4 Å². The molecule has 140 valence electrons. The minimum Gasteiger partial charge on any atom is -0.465 e. The van der Waals surface area contributed by atoms with Crippen LogP contribution in [-0.4, -0.2) is 51.2 Å². The number of carboxylic acid groups (broad SMARTS) is 1. The van der Waals surface area contributed by atoms with Crippen molar-refractivity contribution in [3.8, 4) is 10.6 Å². The van der Waals surface area contributed by atoms with Crippen molar-refractivity contribution in [2.75, 3.05) is 18.0 Å². The summed E-state index contributed by atoms with van der Waals surface area (Å²) in [6, 6.07) is 4.15. The van der Waals surface area contributed by atoms with E-state index in [1.165, 1.54) is 11.3 Å². The molecule has 2 fully saturated rings. The third kappa shape index (κ3) is 2.74. The molecule has 2 atom stereocenters. The molecule has 1 amide bonds. The number of fused-ring (bicyclic) bond motifs is 3. The molecule has 2 aliphatic rings. The Morgan fingerprint density at radius 1 is 1.30 bits per heavy atom. The molecule has 0 saturated carbocycles. The fraction of sp³-hybridized carbons (Fsp3) is 0.389. The zero-order valence-electron chi connectivity index (χ0n) is 14.3. The van der Waals surface area contributed by atoms with E-state index in [0.717, 1.165) is 29.8 Å². The molecule has 0 radical (unpaired) electrons. The van der Waals surface area contributed by atoms with Crippen molar-refractivity contribution in [1.82, 2.24) is 14.9 Å². The van der Waals surface area contributed by atoms with Crippen LogP contribution in [0.3, 0.4) is 0 Å². The van der Waals surface area contributed by atoms with Gasteiger partial charge >= 0.3 is 6.09 Å². The lowest BCUT2D eigenvalue weighted by Crippen LogP contribution is -2.62. The monoisotopic (exact) mass is 404 g/mol. The standard InChI is InChI=1S/C18H17ClN4O3S/c19-13-5-4-12(16-20-6-7-27-16)15-14(13)21-17(26-15)22-8-10-2-1-3-11(9-22)23(10)18(24)25/h4-7,10-11H,1-3,8-9H2,(H,24,25). The van der Waals surface area contributed by atoms with Gasteiger partial charge in [0.2, 0.25) is 0 Å². The fourth-order valence-corrected chi connectivity index (χ4v) is 5.05. The van der Waals surface area contributed by atoms with Crippen LogP contribution in [0.2, 0.25) is 5.02 Å². The Labute approximate surface area is 164 Å². The van der Waals surface area contributed by atoms with Gasteiger partial charge in [-0.3, -0.25) is 4.90 Å². The summed E-state index contributed by atoms with van der Waals surface area (Å²) < 4.78 is 6.14. The largest absolute Gasteiger partial charge is 0.465 e. The minimum absolute atomic E-state index is 0.0288. The molecule has 5 rings (SSSR count). The molecular formula is C18H17ClN4O3S. The second kappa shape index (κ2) is 6.38. The molecule has 3 aromatic rings. The van der Waals surface area contributed by atoms with Crippen LogP contribution in [0.5, 0.6) is 0 Å². The van der Waals surface area contributed by atoms with E-state index in [1.807, 2.05) is 17.5 Å². The van der Waals surface area contributed by atoms with E-state index in [2.05, 4.69) is 14.9 Å². The van der Waals surface area contributed by atoms with Crippen LogP contribution >= 0.6 is 22.9 Å². The van der Waals surface area contributed by atoms with Crippen molar-refractivity contribution in [1.29, 1.82) is 0 Å². The van der Waals surface area contributed by atoms with Gasteiger partial charge in [0.15, 0.2) is 5.58 Å². The van der Waals surface area contributed by atoms with Crippen LogP contribution in [-0.2, 0) is 0 Å². The van der Waals surface area contributed by atoms with Gasteiger partial charge in [-0.2, -0.15) is 4.98 Å². The summed E-state index contributed by atoms with van der Waals surface area (Å²) in [5.41, 5.74) is 2.11. The molecule has 9 heteroatoms. The summed E-state index contributed by atoms with van der Waals surface area (Å²) in [5.74, 6) is 0. The summed E-state index contributed by atoms with van der Waals surface area (Å²) in [7, 11) is 0. The van der Waals surface area contributed by atoms with Crippen LogP contribution in [0.25, 0.3) is 21.7 Å². The highest BCUT2D eigenvalue weighted by Gasteiger charge is 2.41. The first-order valence-electron chi connectivity index (χ1n) is 8.87. The van der Waals surface area contributed by atoms with Gasteiger partial charge in [0.05, 0.1) is 22.7 Å². The lowest BCUT2D eigenvalue weighted by atomic mass is 9.92. The SMILES string of the molecule is O=C(O)N1C2CCCC1CN(c1nc3c(Cl)ccc(-c4nccs4)c3o1)C2. The number of hydrogen-bond acceptors (Lipinski definition) is 6. The fourth-order valence-electron chi connectivity index (χ4n) is 4.20. The summed E-state index contributed by atoms with van der Waals surface area (Å²) in [4.78, 5) is 24.3. The van der Waals surface area contributed by atoms with Crippen molar-refractivity contribution in [3.05, 3.63) is 28.7 Å². The van der Waals surface area contributed by atoms with E-state index in [-0.39, 0.29) is 12.1 Å². The Kier molecular flexibility index (Phi) is 3.98. The first-order chi connectivity index (χ1) is 13.1. The van der Waals surface area contributed by atoms with Gasteiger partial charge in [0.25, 0.3) is 6.01 Å². The van der Waals surface area contributed by atoms with Crippen LogP contribution < -0.4 is 4.90 Å². The average molecular weight is 405 g/mol. The third-order valence-electron chi connectivity index (χ3n) is 5.36. The topological polar surface area (TPSA) is 82.7 Å².